The highest BCUT2D eigenvalue weighted by Gasteiger charge is 2.39. The molecule has 1 aliphatic carbocycles. The lowest BCUT2D eigenvalue weighted by Gasteiger charge is -2.09. The molecular weight excluding hydrogens is 250 g/mol. The van der Waals surface area contributed by atoms with Gasteiger partial charge in [-0.25, -0.2) is 13.1 Å². The van der Waals surface area contributed by atoms with Crippen molar-refractivity contribution < 1.29 is 13.5 Å². The highest BCUT2D eigenvalue weighted by Crippen LogP contribution is 2.35. The fourth-order valence-electron chi connectivity index (χ4n) is 2.24. The fraction of sp³-hybridized carbons (Fsp3) is 0.538. The molecule has 1 aromatic carbocycles. The van der Waals surface area contributed by atoms with Crippen molar-refractivity contribution in [1.82, 2.24) is 4.72 Å². The first-order valence-electron chi connectivity index (χ1n) is 6.29. The predicted octanol–water partition coefficient (Wildman–Crippen LogP) is 1.65. The van der Waals surface area contributed by atoms with E-state index in [1.165, 1.54) is 6.07 Å². The van der Waals surface area contributed by atoms with Crippen LogP contribution in [0.25, 0.3) is 0 Å². The molecular formula is C13H19NO3S. The number of hydrogen-bond donors (Lipinski definition) is 2. The van der Waals surface area contributed by atoms with Crippen molar-refractivity contribution >= 4 is 10.0 Å². The minimum Gasteiger partial charge on any atom is -0.392 e. The third-order valence-corrected chi connectivity index (χ3v) is 4.91. The number of nitrogens with one attached hydrogen (secondary N) is 1. The molecule has 0 amide bonds. The maximum absolute atomic E-state index is 12.2. The average Bonchev–Trinajstić information content (AvgIpc) is 3.07. The highest BCUT2D eigenvalue weighted by molar-refractivity contribution is 7.89. The van der Waals surface area contributed by atoms with E-state index in [4.69, 9.17) is 0 Å². The summed E-state index contributed by atoms with van der Waals surface area (Å²) in [5.41, 5.74) is 0.442. The molecule has 0 aromatic heterocycles. The van der Waals surface area contributed by atoms with E-state index < -0.39 is 10.0 Å². The second-order valence-electron chi connectivity index (χ2n) is 4.78. The quantitative estimate of drug-likeness (QED) is 0.825. The van der Waals surface area contributed by atoms with Crippen LogP contribution in [-0.2, 0) is 16.6 Å². The molecule has 1 aromatic rings. The Balaban J connectivity index is 2.12. The summed E-state index contributed by atoms with van der Waals surface area (Å²) in [5.74, 6) is 0.478. The zero-order valence-corrected chi connectivity index (χ0v) is 11.3. The van der Waals surface area contributed by atoms with E-state index in [9.17, 15) is 13.5 Å². The Kier molecular flexibility index (Phi) is 4.04. The Hall–Kier alpha value is -0.910. The van der Waals surface area contributed by atoms with Gasteiger partial charge in [0.25, 0.3) is 0 Å². The number of sulfonamides is 1. The number of hydrogen-bond acceptors (Lipinski definition) is 3. The van der Waals surface area contributed by atoms with Gasteiger partial charge >= 0.3 is 0 Å². The summed E-state index contributed by atoms with van der Waals surface area (Å²) < 4.78 is 27.1. The van der Waals surface area contributed by atoms with Gasteiger partial charge in [-0.3, -0.25) is 0 Å². The normalized spacial score (nSPS) is 23.0. The number of rotatable bonds is 6. The van der Waals surface area contributed by atoms with Crippen LogP contribution in [-0.4, -0.2) is 19.6 Å². The number of aliphatic hydroxyl groups excluding tert-OH is 1. The minimum absolute atomic E-state index is 0.0710. The van der Waals surface area contributed by atoms with Gasteiger partial charge in [0.15, 0.2) is 0 Å². The van der Waals surface area contributed by atoms with E-state index in [-0.39, 0.29) is 17.5 Å². The van der Waals surface area contributed by atoms with Crippen molar-refractivity contribution in [3.05, 3.63) is 29.8 Å². The van der Waals surface area contributed by atoms with Crippen LogP contribution < -0.4 is 4.72 Å². The fourth-order valence-corrected chi connectivity index (χ4v) is 3.79. The van der Waals surface area contributed by atoms with Crippen LogP contribution in [0.5, 0.6) is 0 Å². The first-order chi connectivity index (χ1) is 8.58. The largest absolute Gasteiger partial charge is 0.392 e. The van der Waals surface area contributed by atoms with E-state index in [0.29, 0.717) is 11.5 Å². The summed E-state index contributed by atoms with van der Waals surface area (Å²) in [6.45, 7) is 1.84. The SMILES string of the molecule is CCCC1CC1NS(=O)(=O)c1ccccc1CO. The van der Waals surface area contributed by atoms with Gasteiger partial charge in [-0.2, -0.15) is 0 Å². The van der Waals surface area contributed by atoms with Crippen LogP contribution in [0, 0.1) is 5.92 Å². The monoisotopic (exact) mass is 269 g/mol. The molecule has 2 unspecified atom stereocenters. The zero-order chi connectivity index (χ0) is 13.2. The van der Waals surface area contributed by atoms with Gasteiger partial charge in [0.1, 0.15) is 0 Å². The van der Waals surface area contributed by atoms with Crippen LogP contribution in [0.1, 0.15) is 31.7 Å². The highest BCUT2D eigenvalue weighted by atomic mass is 32.2. The van der Waals surface area contributed by atoms with E-state index in [2.05, 4.69) is 11.6 Å². The second-order valence-corrected chi connectivity index (χ2v) is 6.46. The molecule has 5 heteroatoms. The molecule has 18 heavy (non-hydrogen) atoms. The molecule has 0 radical (unpaired) electrons. The third-order valence-electron chi connectivity index (χ3n) is 3.32. The first-order valence-corrected chi connectivity index (χ1v) is 7.78. The molecule has 0 spiro atoms. The molecule has 0 heterocycles. The van der Waals surface area contributed by atoms with Crippen LogP contribution in [0.15, 0.2) is 29.2 Å². The summed E-state index contributed by atoms with van der Waals surface area (Å²) in [4.78, 5) is 0.189. The van der Waals surface area contributed by atoms with Crippen LogP contribution in [0.2, 0.25) is 0 Å². The van der Waals surface area contributed by atoms with E-state index in [1.54, 1.807) is 18.2 Å². The van der Waals surface area contributed by atoms with Gasteiger partial charge in [0, 0.05) is 6.04 Å². The third kappa shape index (κ3) is 2.91. The Morgan fingerprint density at radius 2 is 2.11 bits per heavy atom. The topological polar surface area (TPSA) is 66.4 Å². The van der Waals surface area contributed by atoms with Crippen LogP contribution >= 0.6 is 0 Å². The van der Waals surface area contributed by atoms with Crippen molar-refractivity contribution in [2.24, 2.45) is 5.92 Å². The van der Waals surface area contributed by atoms with Gasteiger partial charge < -0.3 is 5.11 Å². The number of aliphatic hydroxyl groups is 1. The van der Waals surface area contributed by atoms with Crippen molar-refractivity contribution in [1.29, 1.82) is 0 Å². The maximum atomic E-state index is 12.2. The standard InChI is InChI=1S/C13H19NO3S/c1-2-5-10-8-12(10)14-18(16,17)13-7-4-3-6-11(13)9-15/h3-4,6-7,10,12,14-15H,2,5,8-9H2,1H3. The van der Waals surface area contributed by atoms with Crippen molar-refractivity contribution in [2.45, 2.75) is 43.7 Å². The molecule has 100 valence electrons. The molecule has 0 aliphatic heterocycles. The van der Waals surface area contributed by atoms with E-state index in [1.807, 2.05) is 0 Å². The van der Waals surface area contributed by atoms with E-state index >= 15 is 0 Å². The lowest BCUT2D eigenvalue weighted by atomic mass is 10.2. The second kappa shape index (κ2) is 5.38. The molecule has 0 saturated heterocycles. The van der Waals surface area contributed by atoms with Crippen LogP contribution in [0.4, 0.5) is 0 Å². The number of benzene rings is 1. The Morgan fingerprint density at radius 3 is 2.78 bits per heavy atom. The predicted molar refractivity (Wildman–Crippen MR) is 69.5 cm³/mol. The van der Waals surface area contributed by atoms with Gasteiger partial charge in [-0.05, 0) is 30.4 Å². The van der Waals surface area contributed by atoms with Gasteiger partial charge in [0.05, 0.1) is 11.5 Å². The zero-order valence-electron chi connectivity index (χ0n) is 10.5. The summed E-state index contributed by atoms with van der Waals surface area (Å²) in [6.07, 6.45) is 3.07. The summed E-state index contributed by atoms with van der Waals surface area (Å²) in [5, 5.41) is 9.18. The van der Waals surface area contributed by atoms with Crippen molar-refractivity contribution in [3.63, 3.8) is 0 Å². The first kappa shape index (κ1) is 13.5. The summed E-state index contributed by atoms with van der Waals surface area (Å²) >= 11 is 0. The maximum Gasteiger partial charge on any atom is 0.241 e. The molecule has 1 fully saturated rings. The molecule has 2 atom stereocenters. The molecule has 1 aliphatic rings. The lowest BCUT2D eigenvalue weighted by molar-refractivity contribution is 0.278. The molecule has 4 nitrogen and oxygen atoms in total. The Morgan fingerprint density at radius 1 is 1.39 bits per heavy atom. The summed E-state index contributed by atoms with van der Waals surface area (Å²) in [7, 11) is -3.50. The van der Waals surface area contributed by atoms with Gasteiger partial charge in [-0.15, -0.1) is 0 Å². The molecule has 1 saturated carbocycles. The molecule has 2 rings (SSSR count). The minimum atomic E-state index is -3.50. The molecule has 0 bridgehead atoms. The van der Waals surface area contributed by atoms with Crippen LogP contribution in [0.3, 0.4) is 0 Å². The van der Waals surface area contributed by atoms with Gasteiger partial charge in [-0.1, -0.05) is 31.5 Å². The smallest absolute Gasteiger partial charge is 0.241 e. The lowest BCUT2D eigenvalue weighted by Crippen LogP contribution is -2.28. The average molecular weight is 269 g/mol. The Labute approximate surface area is 108 Å². The van der Waals surface area contributed by atoms with Crippen molar-refractivity contribution in [3.8, 4) is 0 Å². The van der Waals surface area contributed by atoms with Gasteiger partial charge in [0.2, 0.25) is 10.0 Å². The Bertz CT molecular complexity index is 513. The molecule has 2 N–H and O–H groups in total. The van der Waals surface area contributed by atoms with Crippen molar-refractivity contribution in [2.75, 3.05) is 0 Å². The summed E-state index contributed by atoms with van der Waals surface area (Å²) in [6, 6.07) is 6.63. The van der Waals surface area contributed by atoms with E-state index in [0.717, 1.165) is 19.3 Å².